The lowest BCUT2D eigenvalue weighted by Gasteiger charge is -2.02. The van der Waals surface area contributed by atoms with Crippen molar-refractivity contribution >= 4 is 21.9 Å². The summed E-state index contributed by atoms with van der Waals surface area (Å²) in [5.74, 6) is -0.339. The summed E-state index contributed by atoms with van der Waals surface area (Å²) in [6.07, 6.45) is 0. The summed E-state index contributed by atoms with van der Waals surface area (Å²) in [6.45, 7) is 1.75. The fourth-order valence-electron chi connectivity index (χ4n) is 1.64. The van der Waals surface area contributed by atoms with Crippen molar-refractivity contribution in [2.24, 2.45) is 7.05 Å². The van der Waals surface area contributed by atoms with Crippen molar-refractivity contribution in [2.45, 2.75) is 6.92 Å². The fourth-order valence-corrected chi connectivity index (χ4v) is 1.90. The third kappa shape index (κ3) is 2.10. The Labute approximate surface area is 107 Å². The molecule has 0 saturated carbocycles. The number of hydrogen-bond donors (Lipinski definition) is 1. The third-order valence-corrected chi connectivity index (χ3v) is 3.21. The molecule has 17 heavy (non-hydrogen) atoms. The van der Waals surface area contributed by atoms with Gasteiger partial charge in [-0.3, -0.25) is 0 Å². The number of aromatic nitrogens is 2. The maximum absolute atomic E-state index is 11.0. The van der Waals surface area contributed by atoms with E-state index in [-0.39, 0.29) is 5.69 Å². The Morgan fingerprint density at radius 3 is 2.41 bits per heavy atom. The Kier molecular flexibility index (Phi) is 3.02. The van der Waals surface area contributed by atoms with E-state index < -0.39 is 5.97 Å². The number of rotatable bonds is 2. The van der Waals surface area contributed by atoms with E-state index >= 15 is 0 Å². The molecule has 88 valence electrons. The Morgan fingerprint density at radius 2 is 1.94 bits per heavy atom. The summed E-state index contributed by atoms with van der Waals surface area (Å²) in [5.41, 5.74) is 1.65. The topological polar surface area (TPSA) is 55.1 Å². The van der Waals surface area contributed by atoms with Crippen LogP contribution in [0.5, 0.6) is 0 Å². The molecule has 0 aliphatic rings. The first kappa shape index (κ1) is 11.9. The highest BCUT2D eigenvalue weighted by molar-refractivity contribution is 9.10. The van der Waals surface area contributed by atoms with Gasteiger partial charge in [-0.1, -0.05) is 28.1 Å². The van der Waals surface area contributed by atoms with Gasteiger partial charge in [0.2, 0.25) is 0 Å². The average molecular weight is 295 g/mol. The second-order valence-electron chi connectivity index (χ2n) is 3.74. The predicted molar refractivity (Wildman–Crippen MR) is 68.0 cm³/mol. The monoisotopic (exact) mass is 294 g/mol. The van der Waals surface area contributed by atoms with Crippen molar-refractivity contribution in [3.63, 3.8) is 0 Å². The van der Waals surface area contributed by atoms with Crippen LogP contribution in [-0.4, -0.2) is 20.6 Å². The molecule has 2 aromatic rings. The molecule has 0 amide bonds. The Hall–Kier alpha value is -1.62. The van der Waals surface area contributed by atoms with Gasteiger partial charge in [0.15, 0.2) is 5.69 Å². The van der Waals surface area contributed by atoms with Gasteiger partial charge < -0.3 is 9.67 Å². The Bertz CT molecular complexity index is 573. The maximum Gasteiger partial charge on any atom is 0.356 e. The second-order valence-corrected chi connectivity index (χ2v) is 4.66. The molecule has 1 aromatic heterocycles. The molecule has 0 aliphatic heterocycles. The van der Waals surface area contributed by atoms with E-state index in [9.17, 15) is 4.79 Å². The van der Waals surface area contributed by atoms with Crippen molar-refractivity contribution in [1.82, 2.24) is 9.55 Å². The number of halogens is 1. The molecule has 0 aliphatic carbocycles. The van der Waals surface area contributed by atoms with E-state index in [0.29, 0.717) is 11.5 Å². The number of carboxylic acids is 1. The molecule has 0 saturated heterocycles. The molecule has 4 nitrogen and oxygen atoms in total. The molecule has 1 N–H and O–H groups in total. The number of benzene rings is 1. The van der Waals surface area contributed by atoms with Gasteiger partial charge in [0.05, 0.1) is 0 Å². The minimum absolute atomic E-state index is 0.102. The van der Waals surface area contributed by atoms with Crippen LogP contribution in [0.3, 0.4) is 0 Å². The Morgan fingerprint density at radius 1 is 1.35 bits per heavy atom. The number of aromatic carboxylic acids is 1. The predicted octanol–water partition coefficient (Wildman–Crippen LogP) is 2.86. The molecule has 2 rings (SSSR count). The van der Waals surface area contributed by atoms with Crippen LogP contribution in [0.1, 0.15) is 16.2 Å². The first-order valence-corrected chi connectivity index (χ1v) is 5.82. The zero-order chi connectivity index (χ0) is 12.6. The van der Waals surface area contributed by atoms with Crippen LogP contribution < -0.4 is 0 Å². The standard InChI is InChI=1S/C12H11BrN2O2/c1-7-10(12(16)17)14-11(15(7)2)8-3-5-9(13)6-4-8/h3-6H,1-2H3,(H,16,17). The molecule has 0 fully saturated rings. The van der Waals surface area contributed by atoms with E-state index in [1.807, 2.05) is 31.3 Å². The SMILES string of the molecule is Cc1c(C(=O)O)nc(-c2ccc(Br)cc2)n1C. The fraction of sp³-hybridized carbons (Fsp3) is 0.167. The number of nitrogens with zero attached hydrogens (tertiary/aromatic N) is 2. The molecular formula is C12H11BrN2O2. The molecular weight excluding hydrogens is 284 g/mol. The lowest BCUT2D eigenvalue weighted by atomic mass is 10.2. The van der Waals surface area contributed by atoms with E-state index in [0.717, 1.165) is 10.0 Å². The minimum atomic E-state index is -0.999. The lowest BCUT2D eigenvalue weighted by molar-refractivity contribution is 0.0690. The summed E-state index contributed by atoms with van der Waals surface area (Å²) < 4.78 is 2.76. The van der Waals surface area contributed by atoms with Gasteiger partial charge in [-0.05, 0) is 19.1 Å². The van der Waals surface area contributed by atoms with Gasteiger partial charge in [0, 0.05) is 22.8 Å². The van der Waals surface area contributed by atoms with Gasteiger partial charge in [0.1, 0.15) is 5.82 Å². The van der Waals surface area contributed by atoms with Gasteiger partial charge in [0.25, 0.3) is 0 Å². The normalized spacial score (nSPS) is 10.5. The van der Waals surface area contributed by atoms with E-state index in [2.05, 4.69) is 20.9 Å². The molecule has 1 aromatic carbocycles. The van der Waals surface area contributed by atoms with Crippen molar-refractivity contribution < 1.29 is 9.90 Å². The van der Waals surface area contributed by atoms with Crippen molar-refractivity contribution in [3.05, 3.63) is 40.1 Å². The quantitative estimate of drug-likeness (QED) is 0.927. The van der Waals surface area contributed by atoms with Gasteiger partial charge in [-0.2, -0.15) is 0 Å². The van der Waals surface area contributed by atoms with Crippen LogP contribution in [0.4, 0.5) is 0 Å². The molecule has 1 heterocycles. The number of carboxylic acid groups (broad SMARTS) is 1. The molecule has 0 atom stereocenters. The van der Waals surface area contributed by atoms with Crippen LogP contribution in [-0.2, 0) is 7.05 Å². The van der Waals surface area contributed by atoms with Crippen molar-refractivity contribution in [2.75, 3.05) is 0 Å². The van der Waals surface area contributed by atoms with Crippen LogP contribution in [0.25, 0.3) is 11.4 Å². The highest BCUT2D eigenvalue weighted by Crippen LogP contribution is 2.22. The zero-order valence-electron chi connectivity index (χ0n) is 9.44. The van der Waals surface area contributed by atoms with Gasteiger partial charge in [-0.15, -0.1) is 0 Å². The summed E-state index contributed by atoms with van der Waals surface area (Å²) in [7, 11) is 1.81. The van der Waals surface area contributed by atoms with Crippen molar-refractivity contribution in [3.8, 4) is 11.4 Å². The molecule has 0 spiro atoms. The summed E-state index contributed by atoms with van der Waals surface area (Å²) in [5, 5.41) is 9.01. The third-order valence-electron chi connectivity index (χ3n) is 2.69. The van der Waals surface area contributed by atoms with E-state index in [1.165, 1.54) is 0 Å². The highest BCUT2D eigenvalue weighted by Gasteiger charge is 2.17. The molecule has 5 heteroatoms. The minimum Gasteiger partial charge on any atom is -0.476 e. The molecule has 0 radical (unpaired) electrons. The van der Waals surface area contributed by atoms with Crippen LogP contribution >= 0.6 is 15.9 Å². The lowest BCUT2D eigenvalue weighted by Crippen LogP contribution is -2.00. The van der Waals surface area contributed by atoms with Crippen LogP contribution in [0, 0.1) is 6.92 Å². The Balaban J connectivity index is 2.56. The van der Waals surface area contributed by atoms with Gasteiger partial charge in [-0.25, -0.2) is 9.78 Å². The summed E-state index contributed by atoms with van der Waals surface area (Å²) in [6, 6.07) is 7.61. The molecule has 0 bridgehead atoms. The number of carbonyl (C=O) groups is 1. The van der Waals surface area contributed by atoms with Crippen molar-refractivity contribution in [1.29, 1.82) is 0 Å². The van der Waals surface area contributed by atoms with E-state index in [1.54, 1.807) is 11.5 Å². The summed E-state index contributed by atoms with van der Waals surface area (Å²) >= 11 is 3.36. The first-order chi connectivity index (χ1) is 8.00. The first-order valence-electron chi connectivity index (χ1n) is 5.03. The average Bonchev–Trinajstić information content (AvgIpc) is 2.58. The van der Waals surface area contributed by atoms with Crippen LogP contribution in [0.2, 0.25) is 0 Å². The highest BCUT2D eigenvalue weighted by atomic mass is 79.9. The van der Waals surface area contributed by atoms with E-state index in [4.69, 9.17) is 5.11 Å². The number of imidazole rings is 1. The smallest absolute Gasteiger partial charge is 0.356 e. The summed E-state index contributed by atoms with van der Waals surface area (Å²) in [4.78, 5) is 15.1. The van der Waals surface area contributed by atoms with Gasteiger partial charge >= 0.3 is 5.97 Å². The molecule has 0 unspecified atom stereocenters. The maximum atomic E-state index is 11.0. The second kappa shape index (κ2) is 4.33. The van der Waals surface area contributed by atoms with Crippen LogP contribution in [0.15, 0.2) is 28.7 Å². The zero-order valence-corrected chi connectivity index (χ0v) is 11.0. The largest absolute Gasteiger partial charge is 0.476 e. The number of hydrogen-bond acceptors (Lipinski definition) is 2.